The van der Waals surface area contributed by atoms with Gasteiger partial charge in [-0.2, -0.15) is 0 Å². The van der Waals surface area contributed by atoms with Crippen LogP contribution in [0.1, 0.15) is 16.7 Å². The molecule has 2 aromatic rings. The lowest BCUT2D eigenvalue weighted by Crippen LogP contribution is -1.88. The standard InChI is InChI=1S/C15H16O2/c1-9-4-5-12(10(2)6-9)13-8-15(17)14(16)7-11(13)3/h4-8,16-17H,1-3H3. The monoisotopic (exact) mass is 228 g/mol. The molecule has 0 spiro atoms. The van der Waals surface area contributed by atoms with Gasteiger partial charge < -0.3 is 10.2 Å². The van der Waals surface area contributed by atoms with Crippen molar-refractivity contribution in [1.82, 2.24) is 0 Å². The van der Waals surface area contributed by atoms with Gasteiger partial charge in [0.05, 0.1) is 0 Å². The highest BCUT2D eigenvalue weighted by Crippen LogP contribution is 2.35. The maximum Gasteiger partial charge on any atom is 0.158 e. The molecule has 2 aromatic carbocycles. The van der Waals surface area contributed by atoms with Crippen LogP contribution in [0, 0.1) is 20.8 Å². The van der Waals surface area contributed by atoms with Crippen LogP contribution in [0.5, 0.6) is 11.5 Å². The van der Waals surface area contributed by atoms with E-state index in [2.05, 4.69) is 13.0 Å². The van der Waals surface area contributed by atoms with Crippen LogP contribution in [0.3, 0.4) is 0 Å². The Kier molecular flexibility index (Phi) is 2.80. The topological polar surface area (TPSA) is 40.5 Å². The predicted octanol–water partition coefficient (Wildman–Crippen LogP) is 3.69. The Labute approximate surface area is 101 Å². The van der Waals surface area contributed by atoms with Crippen molar-refractivity contribution in [2.75, 3.05) is 0 Å². The summed E-state index contributed by atoms with van der Waals surface area (Å²) in [6, 6.07) is 9.40. The van der Waals surface area contributed by atoms with Crippen molar-refractivity contribution in [3.63, 3.8) is 0 Å². The summed E-state index contributed by atoms with van der Waals surface area (Å²) in [5.74, 6) is -0.151. The van der Waals surface area contributed by atoms with Crippen molar-refractivity contribution in [2.45, 2.75) is 20.8 Å². The van der Waals surface area contributed by atoms with E-state index in [-0.39, 0.29) is 11.5 Å². The Hall–Kier alpha value is -1.96. The number of phenolic OH excluding ortho intramolecular Hbond substituents is 2. The van der Waals surface area contributed by atoms with Gasteiger partial charge in [0.2, 0.25) is 0 Å². The summed E-state index contributed by atoms with van der Waals surface area (Å²) < 4.78 is 0. The molecule has 2 rings (SSSR count). The summed E-state index contributed by atoms with van der Waals surface area (Å²) in [6.45, 7) is 6.03. The highest BCUT2D eigenvalue weighted by atomic mass is 16.3. The van der Waals surface area contributed by atoms with Crippen LogP contribution in [-0.4, -0.2) is 10.2 Å². The lowest BCUT2D eigenvalue weighted by atomic mass is 9.95. The van der Waals surface area contributed by atoms with E-state index < -0.39 is 0 Å². The van der Waals surface area contributed by atoms with Gasteiger partial charge in [-0.05, 0) is 55.2 Å². The highest BCUT2D eigenvalue weighted by Gasteiger charge is 2.09. The summed E-state index contributed by atoms with van der Waals surface area (Å²) in [5, 5.41) is 19.0. The van der Waals surface area contributed by atoms with E-state index in [4.69, 9.17) is 0 Å². The largest absolute Gasteiger partial charge is 0.504 e. The molecule has 0 aliphatic heterocycles. The van der Waals surface area contributed by atoms with Gasteiger partial charge in [-0.15, -0.1) is 0 Å². The van der Waals surface area contributed by atoms with E-state index in [0.29, 0.717) is 0 Å². The average molecular weight is 228 g/mol. The molecule has 0 aliphatic carbocycles. The van der Waals surface area contributed by atoms with Crippen molar-refractivity contribution in [3.8, 4) is 22.6 Å². The summed E-state index contributed by atoms with van der Waals surface area (Å²) in [4.78, 5) is 0. The first kappa shape index (κ1) is 11.5. The maximum atomic E-state index is 9.58. The number of rotatable bonds is 1. The molecule has 0 saturated heterocycles. The fraction of sp³-hybridized carbons (Fsp3) is 0.200. The second-order valence-electron chi connectivity index (χ2n) is 4.47. The van der Waals surface area contributed by atoms with Crippen LogP contribution in [0.4, 0.5) is 0 Å². The van der Waals surface area contributed by atoms with Gasteiger partial charge in [0.25, 0.3) is 0 Å². The summed E-state index contributed by atoms with van der Waals surface area (Å²) in [7, 11) is 0. The van der Waals surface area contributed by atoms with Gasteiger partial charge in [0.15, 0.2) is 11.5 Å². The zero-order chi connectivity index (χ0) is 12.6. The first-order valence-corrected chi connectivity index (χ1v) is 5.59. The molecule has 2 N–H and O–H groups in total. The molecule has 0 unspecified atom stereocenters. The minimum Gasteiger partial charge on any atom is -0.504 e. The number of aromatic hydroxyl groups is 2. The minimum atomic E-state index is -0.0782. The van der Waals surface area contributed by atoms with E-state index >= 15 is 0 Å². The van der Waals surface area contributed by atoms with Crippen molar-refractivity contribution < 1.29 is 10.2 Å². The first-order valence-electron chi connectivity index (χ1n) is 5.59. The fourth-order valence-electron chi connectivity index (χ4n) is 2.09. The van der Waals surface area contributed by atoms with Gasteiger partial charge in [0, 0.05) is 0 Å². The Morgan fingerprint density at radius 1 is 0.706 bits per heavy atom. The number of phenols is 2. The van der Waals surface area contributed by atoms with Crippen molar-refractivity contribution in [2.24, 2.45) is 0 Å². The van der Waals surface area contributed by atoms with E-state index in [0.717, 1.165) is 22.3 Å². The molecule has 0 saturated carbocycles. The van der Waals surface area contributed by atoms with Crippen LogP contribution < -0.4 is 0 Å². The van der Waals surface area contributed by atoms with Crippen LogP contribution in [0.15, 0.2) is 30.3 Å². The van der Waals surface area contributed by atoms with Gasteiger partial charge in [-0.3, -0.25) is 0 Å². The molecular formula is C15H16O2. The smallest absolute Gasteiger partial charge is 0.158 e. The quantitative estimate of drug-likeness (QED) is 0.731. The third kappa shape index (κ3) is 2.11. The molecule has 0 heterocycles. The van der Waals surface area contributed by atoms with E-state index in [1.165, 1.54) is 5.56 Å². The Balaban J connectivity index is 2.64. The second kappa shape index (κ2) is 4.13. The molecular weight excluding hydrogens is 212 g/mol. The number of hydrogen-bond acceptors (Lipinski definition) is 2. The molecule has 0 fully saturated rings. The van der Waals surface area contributed by atoms with Crippen molar-refractivity contribution in [1.29, 1.82) is 0 Å². The molecule has 2 heteroatoms. The SMILES string of the molecule is Cc1ccc(-c2cc(O)c(O)cc2C)c(C)c1. The van der Waals surface area contributed by atoms with Crippen LogP contribution >= 0.6 is 0 Å². The molecule has 0 aromatic heterocycles. The van der Waals surface area contributed by atoms with Gasteiger partial charge in [-0.25, -0.2) is 0 Å². The number of aryl methyl sites for hydroxylation is 3. The van der Waals surface area contributed by atoms with Crippen molar-refractivity contribution in [3.05, 3.63) is 47.0 Å². The van der Waals surface area contributed by atoms with E-state index in [9.17, 15) is 10.2 Å². The third-order valence-corrected chi connectivity index (χ3v) is 2.99. The Morgan fingerprint density at radius 3 is 1.94 bits per heavy atom. The highest BCUT2D eigenvalue weighted by molar-refractivity contribution is 5.73. The molecule has 0 radical (unpaired) electrons. The predicted molar refractivity (Wildman–Crippen MR) is 69.4 cm³/mol. The normalized spacial score (nSPS) is 10.5. The zero-order valence-corrected chi connectivity index (χ0v) is 10.3. The van der Waals surface area contributed by atoms with E-state index in [1.54, 1.807) is 12.1 Å². The van der Waals surface area contributed by atoms with Gasteiger partial charge >= 0.3 is 0 Å². The summed E-state index contributed by atoms with van der Waals surface area (Å²) >= 11 is 0. The minimum absolute atomic E-state index is 0.0731. The average Bonchev–Trinajstić information content (AvgIpc) is 2.24. The fourth-order valence-corrected chi connectivity index (χ4v) is 2.09. The molecule has 17 heavy (non-hydrogen) atoms. The third-order valence-electron chi connectivity index (χ3n) is 2.99. The maximum absolute atomic E-state index is 9.58. The number of benzene rings is 2. The molecule has 2 nitrogen and oxygen atoms in total. The Bertz CT molecular complexity index is 571. The number of hydrogen-bond donors (Lipinski definition) is 2. The van der Waals surface area contributed by atoms with Gasteiger partial charge in [-0.1, -0.05) is 23.8 Å². The van der Waals surface area contributed by atoms with Crippen LogP contribution in [0.25, 0.3) is 11.1 Å². The lowest BCUT2D eigenvalue weighted by Gasteiger charge is -2.11. The van der Waals surface area contributed by atoms with Crippen LogP contribution in [0.2, 0.25) is 0 Å². The van der Waals surface area contributed by atoms with Gasteiger partial charge in [0.1, 0.15) is 0 Å². The first-order chi connectivity index (χ1) is 7.99. The zero-order valence-electron chi connectivity index (χ0n) is 10.3. The molecule has 0 bridgehead atoms. The van der Waals surface area contributed by atoms with Crippen LogP contribution in [-0.2, 0) is 0 Å². The molecule has 0 atom stereocenters. The second-order valence-corrected chi connectivity index (χ2v) is 4.47. The summed E-state index contributed by atoms with van der Waals surface area (Å²) in [5.41, 5.74) is 5.37. The summed E-state index contributed by atoms with van der Waals surface area (Å²) in [6.07, 6.45) is 0. The lowest BCUT2D eigenvalue weighted by molar-refractivity contribution is 0.403. The Morgan fingerprint density at radius 2 is 1.29 bits per heavy atom. The van der Waals surface area contributed by atoms with Crippen molar-refractivity contribution >= 4 is 0 Å². The molecule has 0 aliphatic rings. The molecule has 88 valence electrons. The van der Waals surface area contributed by atoms with E-state index in [1.807, 2.05) is 26.0 Å². The molecule has 0 amide bonds.